The van der Waals surface area contributed by atoms with Crippen LogP contribution in [-0.4, -0.2) is 35.5 Å². The summed E-state index contributed by atoms with van der Waals surface area (Å²) in [7, 11) is 1.49. The van der Waals surface area contributed by atoms with Crippen molar-refractivity contribution in [2.45, 2.75) is 25.3 Å². The highest BCUT2D eigenvalue weighted by Crippen LogP contribution is 2.21. The monoisotopic (exact) mass is 235 g/mol. The second-order valence-corrected chi connectivity index (χ2v) is 4.17. The van der Waals surface area contributed by atoms with E-state index in [0.29, 0.717) is 12.8 Å². The molecule has 1 amide bonds. The van der Waals surface area contributed by atoms with Crippen molar-refractivity contribution in [2.24, 2.45) is 0 Å². The minimum absolute atomic E-state index is 0.0969. The third-order valence-corrected chi connectivity index (χ3v) is 2.89. The smallest absolute Gasteiger partial charge is 0.326 e. The first-order chi connectivity index (χ1) is 8.06. The molecule has 0 saturated heterocycles. The van der Waals surface area contributed by atoms with E-state index in [1.807, 2.05) is 37.3 Å². The first-order valence-electron chi connectivity index (χ1n) is 5.51. The topological polar surface area (TPSA) is 57.6 Å². The molecule has 1 aromatic carbocycles. The van der Waals surface area contributed by atoms with Gasteiger partial charge in [-0.1, -0.05) is 37.3 Å². The zero-order chi connectivity index (χ0) is 12.8. The number of likely N-dealkylation sites (N-methyl/N-ethyl adjacent to an activating group) is 1. The number of amides is 1. The molecule has 0 aliphatic rings. The van der Waals surface area contributed by atoms with Crippen LogP contribution in [0.3, 0.4) is 0 Å². The molecule has 2 unspecified atom stereocenters. The molecule has 2 atom stereocenters. The van der Waals surface area contributed by atoms with Crippen LogP contribution in [0.2, 0.25) is 0 Å². The molecule has 0 spiro atoms. The fourth-order valence-corrected chi connectivity index (χ4v) is 1.77. The lowest BCUT2D eigenvalue weighted by Crippen LogP contribution is -2.38. The lowest BCUT2D eigenvalue weighted by atomic mass is 9.93. The second-order valence-electron chi connectivity index (χ2n) is 4.17. The number of aliphatic carboxylic acids is 1. The Bertz CT molecular complexity index is 378. The highest BCUT2D eigenvalue weighted by Gasteiger charge is 2.24. The Kier molecular flexibility index (Phi) is 4.69. The summed E-state index contributed by atoms with van der Waals surface area (Å²) in [5.41, 5.74) is 1.08. The number of carboxylic acids is 1. The van der Waals surface area contributed by atoms with Gasteiger partial charge in [0.25, 0.3) is 0 Å². The number of hydrogen-bond donors (Lipinski definition) is 1. The van der Waals surface area contributed by atoms with Crippen LogP contribution in [0.5, 0.6) is 0 Å². The van der Waals surface area contributed by atoms with Crippen molar-refractivity contribution in [1.82, 2.24) is 4.90 Å². The molecular formula is C13H17NO3. The average Bonchev–Trinajstić information content (AvgIpc) is 2.35. The summed E-state index contributed by atoms with van der Waals surface area (Å²) in [6.07, 6.45) is 0.963. The fraction of sp³-hybridized carbons (Fsp3) is 0.385. The van der Waals surface area contributed by atoms with Gasteiger partial charge in [0, 0.05) is 7.05 Å². The Morgan fingerprint density at radius 3 is 2.47 bits per heavy atom. The summed E-state index contributed by atoms with van der Waals surface area (Å²) in [5, 5.41) is 9.07. The van der Waals surface area contributed by atoms with Gasteiger partial charge in [0.1, 0.15) is 6.04 Å². The number of carbonyl (C=O) groups excluding carboxylic acids is 1. The van der Waals surface area contributed by atoms with Crippen LogP contribution >= 0.6 is 0 Å². The van der Waals surface area contributed by atoms with Gasteiger partial charge < -0.3 is 10.0 Å². The molecular weight excluding hydrogens is 218 g/mol. The standard InChI is InChI=1S/C13H17NO3/c1-10(11-6-4-3-5-7-11)8-12(13(16)17)14(2)9-15/h3-7,9-10,12H,8H2,1-2H3,(H,16,17). The molecule has 17 heavy (non-hydrogen) atoms. The van der Waals surface area contributed by atoms with Crippen LogP contribution < -0.4 is 0 Å². The molecule has 0 aliphatic carbocycles. The van der Waals surface area contributed by atoms with E-state index in [1.54, 1.807) is 0 Å². The van der Waals surface area contributed by atoms with Crippen LogP contribution in [0.4, 0.5) is 0 Å². The van der Waals surface area contributed by atoms with E-state index in [4.69, 9.17) is 5.11 Å². The van der Waals surface area contributed by atoms with Crippen molar-refractivity contribution in [3.05, 3.63) is 35.9 Å². The zero-order valence-electron chi connectivity index (χ0n) is 10.0. The van der Waals surface area contributed by atoms with Gasteiger partial charge in [-0.05, 0) is 17.9 Å². The van der Waals surface area contributed by atoms with Crippen LogP contribution in [0.1, 0.15) is 24.8 Å². The van der Waals surface area contributed by atoms with E-state index in [1.165, 1.54) is 11.9 Å². The molecule has 0 heterocycles. The molecule has 0 aromatic heterocycles. The summed E-state index contributed by atoms with van der Waals surface area (Å²) in [6, 6.07) is 8.91. The van der Waals surface area contributed by atoms with Crippen molar-refractivity contribution in [1.29, 1.82) is 0 Å². The van der Waals surface area contributed by atoms with Crippen molar-refractivity contribution >= 4 is 12.4 Å². The van der Waals surface area contributed by atoms with E-state index in [0.717, 1.165) is 5.56 Å². The normalized spacial score (nSPS) is 13.8. The number of nitrogens with zero attached hydrogens (tertiary/aromatic N) is 1. The summed E-state index contributed by atoms with van der Waals surface area (Å²) in [5.74, 6) is -0.873. The molecule has 0 saturated carbocycles. The van der Waals surface area contributed by atoms with Gasteiger partial charge in [-0.25, -0.2) is 4.79 Å². The quantitative estimate of drug-likeness (QED) is 0.764. The van der Waals surface area contributed by atoms with Crippen LogP contribution in [0.15, 0.2) is 30.3 Å². The Hall–Kier alpha value is -1.84. The Morgan fingerprint density at radius 1 is 1.41 bits per heavy atom. The van der Waals surface area contributed by atoms with Crippen molar-refractivity contribution in [3.8, 4) is 0 Å². The average molecular weight is 235 g/mol. The van der Waals surface area contributed by atoms with Crippen LogP contribution in [0.25, 0.3) is 0 Å². The number of carbonyl (C=O) groups is 2. The Balaban J connectivity index is 2.74. The molecule has 92 valence electrons. The maximum atomic E-state index is 11.1. The number of carboxylic acid groups (broad SMARTS) is 1. The summed E-state index contributed by atoms with van der Waals surface area (Å²) >= 11 is 0. The summed E-state index contributed by atoms with van der Waals surface area (Å²) < 4.78 is 0. The molecule has 1 rings (SSSR count). The zero-order valence-corrected chi connectivity index (χ0v) is 10.0. The molecule has 1 aromatic rings. The third kappa shape index (κ3) is 3.59. The SMILES string of the molecule is CC(CC(C(=O)O)N(C)C=O)c1ccccc1. The lowest BCUT2D eigenvalue weighted by Gasteiger charge is -2.23. The number of benzene rings is 1. The van der Waals surface area contributed by atoms with Gasteiger partial charge in [0.05, 0.1) is 0 Å². The fourth-order valence-electron chi connectivity index (χ4n) is 1.77. The van der Waals surface area contributed by atoms with Crippen LogP contribution in [0, 0.1) is 0 Å². The minimum Gasteiger partial charge on any atom is -0.480 e. The molecule has 0 fully saturated rings. The number of rotatable bonds is 6. The molecule has 0 radical (unpaired) electrons. The van der Waals surface area contributed by atoms with Crippen LogP contribution in [-0.2, 0) is 9.59 Å². The molecule has 1 N–H and O–H groups in total. The first-order valence-corrected chi connectivity index (χ1v) is 5.51. The van der Waals surface area contributed by atoms with Gasteiger partial charge in [-0.15, -0.1) is 0 Å². The minimum atomic E-state index is -0.970. The van der Waals surface area contributed by atoms with E-state index < -0.39 is 12.0 Å². The van der Waals surface area contributed by atoms with Gasteiger partial charge in [0.15, 0.2) is 0 Å². The van der Waals surface area contributed by atoms with E-state index in [9.17, 15) is 9.59 Å². The van der Waals surface area contributed by atoms with Gasteiger partial charge in [-0.2, -0.15) is 0 Å². The van der Waals surface area contributed by atoms with Gasteiger partial charge in [-0.3, -0.25) is 4.79 Å². The lowest BCUT2D eigenvalue weighted by molar-refractivity contribution is -0.145. The molecule has 0 aliphatic heterocycles. The molecule has 4 heteroatoms. The second kappa shape index (κ2) is 6.03. The first kappa shape index (κ1) is 13.2. The largest absolute Gasteiger partial charge is 0.480 e. The Morgan fingerprint density at radius 2 is 2.00 bits per heavy atom. The van der Waals surface area contributed by atoms with Gasteiger partial charge >= 0.3 is 5.97 Å². The predicted molar refractivity (Wildman–Crippen MR) is 64.7 cm³/mol. The maximum Gasteiger partial charge on any atom is 0.326 e. The highest BCUT2D eigenvalue weighted by atomic mass is 16.4. The number of hydrogen-bond acceptors (Lipinski definition) is 2. The van der Waals surface area contributed by atoms with E-state index in [-0.39, 0.29) is 5.92 Å². The predicted octanol–water partition coefficient (Wildman–Crippen LogP) is 1.72. The highest BCUT2D eigenvalue weighted by molar-refractivity contribution is 5.76. The van der Waals surface area contributed by atoms with E-state index in [2.05, 4.69) is 0 Å². The molecule has 0 bridgehead atoms. The summed E-state index contributed by atoms with van der Waals surface area (Å²) in [4.78, 5) is 22.9. The van der Waals surface area contributed by atoms with Gasteiger partial charge in [0.2, 0.25) is 6.41 Å². The maximum absolute atomic E-state index is 11.1. The Labute approximate surface area is 101 Å². The van der Waals surface area contributed by atoms with Crippen molar-refractivity contribution < 1.29 is 14.7 Å². The van der Waals surface area contributed by atoms with Crippen molar-refractivity contribution in [3.63, 3.8) is 0 Å². The molecule has 4 nitrogen and oxygen atoms in total. The summed E-state index contributed by atoms with van der Waals surface area (Å²) in [6.45, 7) is 1.96. The van der Waals surface area contributed by atoms with E-state index >= 15 is 0 Å². The van der Waals surface area contributed by atoms with Crippen molar-refractivity contribution in [2.75, 3.05) is 7.05 Å². The third-order valence-electron chi connectivity index (χ3n) is 2.89.